The molecule has 9 rings (SSSR count). The van der Waals surface area contributed by atoms with Crippen LogP contribution in [0.1, 0.15) is 105 Å². The molecule has 4 nitrogen and oxygen atoms in total. The Morgan fingerprint density at radius 3 is 1.74 bits per heavy atom. The van der Waals surface area contributed by atoms with Gasteiger partial charge in [-0.3, -0.25) is 9.55 Å². The zero-order valence-corrected chi connectivity index (χ0v) is 46.9. The summed E-state index contributed by atoms with van der Waals surface area (Å²) in [6.45, 7) is 37.2. The minimum Gasteiger partial charge on any atom is -0.507 e. The van der Waals surface area contributed by atoms with E-state index >= 15 is 0 Å². The molecule has 0 amide bonds. The lowest BCUT2D eigenvalue weighted by Gasteiger charge is -2.39. The average molecular weight is 958 g/mol. The summed E-state index contributed by atoms with van der Waals surface area (Å²) in [6.07, 6.45) is 1.99. The molecule has 3 heterocycles. The third kappa shape index (κ3) is 9.18. The maximum absolute atomic E-state index is 12.6. The van der Waals surface area contributed by atoms with Gasteiger partial charge in [-0.15, -0.1) is 0 Å². The van der Waals surface area contributed by atoms with Gasteiger partial charge in [0, 0.05) is 28.5 Å². The third-order valence-electron chi connectivity index (χ3n) is 15.3. The zero-order valence-electron chi connectivity index (χ0n) is 44.9. The summed E-state index contributed by atoms with van der Waals surface area (Å²) in [4.78, 5) is 10.8. The Kier molecular flexibility index (Phi) is 12.1. The Bertz CT molecular complexity index is 3310. The highest BCUT2D eigenvalue weighted by Gasteiger charge is 2.39. The number of nitrogens with zero attached hydrogens (tertiary/aromatic N) is 3. The van der Waals surface area contributed by atoms with E-state index in [1.807, 2.05) is 6.20 Å². The van der Waals surface area contributed by atoms with Gasteiger partial charge in [-0.25, -0.2) is 4.98 Å². The topological polar surface area (TPSA) is 50.9 Å². The highest BCUT2D eigenvalue weighted by atomic mass is 28.3. The van der Waals surface area contributed by atoms with Gasteiger partial charge in [-0.1, -0.05) is 211 Å². The van der Waals surface area contributed by atoms with E-state index in [4.69, 9.17) is 9.97 Å². The van der Waals surface area contributed by atoms with Crippen LogP contribution in [0.5, 0.6) is 5.75 Å². The standard InChI is InChI=1S/C64H75N3OSi2/c1-61(2,3)46-26-27-54(50(38-46)41-21-18-17-19-22-41)67-55-24-20-23-49(58(55)66-60(67)51-39-48(63(7,8)9)40-52(59(51)68)64(10,11)12)44-33-45(35-47(34-44)62(4,5)6)53-36-43(29-30-65-53)42-25-28-56-57(37-42)70(15,16)32-31-69(56,13)14/h17-30,33-40,68H,31-32H2,1-16H3. The van der Waals surface area contributed by atoms with Crippen LogP contribution in [-0.4, -0.2) is 35.8 Å². The summed E-state index contributed by atoms with van der Waals surface area (Å²) in [5, 5.41) is 16.0. The molecule has 0 aliphatic carbocycles. The molecule has 0 saturated heterocycles. The quantitative estimate of drug-likeness (QED) is 0.169. The zero-order chi connectivity index (χ0) is 50.5. The highest BCUT2D eigenvalue weighted by molar-refractivity contribution is 7.03. The minimum atomic E-state index is -1.54. The van der Waals surface area contributed by atoms with Gasteiger partial charge in [0.25, 0.3) is 0 Å². The van der Waals surface area contributed by atoms with Crippen molar-refractivity contribution in [3.8, 4) is 67.5 Å². The van der Waals surface area contributed by atoms with Crippen LogP contribution in [0.4, 0.5) is 0 Å². The number of pyridine rings is 1. The van der Waals surface area contributed by atoms with Gasteiger partial charge in [-0.2, -0.15) is 0 Å². The lowest BCUT2D eigenvalue weighted by Crippen LogP contribution is -2.63. The molecule has 0 spiro atoms. The van der Waals surface area contributed by atoms with Crippen molar-refractivity contribution in [3.63, 3.8) is 0 Å². The fraction of sp³-hybridized carbons (Fsp3) is 0.344. The molecule has 70 heavy (non-hydrogen) atoms. The smallest absolute Gasteiger partial charge is 0.149 e. The number of phenols is 1. The van der Waals surface area contributed by atoms with E-state index in [0.717, 1.165) is 66.9 Å². The number of rotatable bonds is 6. The van der Waals surface area contributed by atoms with Crippen molar-refractivity contribution in [2.45, 2.75) is 143 Å². The summed E-state index contributed by atoms with van der Waals surface area (Å²) in [5.74, 6) is 0.978. The van der Waals surface area contributed by atoms with E-state index in [-0.39, 0.29) is 27.4 Å². The molecule has 8 aromatic rings. The number of hydrogen-bond donors (Lipinski definition) is 1. The van der Waals surface area contributed by atoms with Crippen molar-refractivity contribution < 1.29 is 5.11 Å². The molecule has 0 atom stereocenters. The fourth-order valence-corrected chi connectivity index (χ4v) is 20.8. The molecular weight excluding hydrogens is 883 g/mol. The first-order valence-electron chi connectivity index (χ1n) is 25.5. The van der Waals surface area contributed by atoms with Crippen molar-refractivity contribution >= 4 is 37.6 Å². The second-order valence-electron chi connectivity index (χ2n) is 25.7. The first-order valence-corrected chi connectivity index (χ1v) is 31.9. The van der Waals surface area contributed by atoms with Crippen LogP contribution < -0.4 is 10.4 Å². The number of aromatic hydroxyl groups is 1. The third-order valence-corrected chi connectivity index (χ3v) is 22.8. The van der Waals surface area contributed by atoms with E-state index in [2.05, 4.69) is 241 Å². The first-order chi connectivity index (χ1) is 32.6. The molecule has 0 saturated carbocycles. The predicted molar refractivity (Wildman–Crippen MR) is 306 cm³/mol. The van der Waals surface area contributed by atoms with Crippen LogP contribution in [0.2, 0.25) is 38.3 Å². The predicted octanol–water partition coefficient (Wildman–Crippen LogP) is 16.5. The first kappa shape index (κ1) is 49.2. The van der Waals surface area contributed by atoms with E-state index in [1.54, 1.807) is 10.4 Å². The van der Waals surface area contributed by atoms with E-state index in [1.165, 1.54) is 34.3 Å². The molecule has 1 aliphatic rings. The van der Waals surface area contributed by atoms with Crippen LogP contribution in [0.3, 0.4) is 0 Å². The Hall–Kier alpha value is -5.83. The van der Waals surface area contributed by atoms with E-state index < -0.39 is 16.1 Å². The number of hydrogen-bond acceptors (Lipinski definition) is 3. The van der Waals surface area contributed by atoms with Gasteiger partial charge >= 0.3 is 0 Å². The minimum absolute atomic E-state index is 0.0717. The largest absolute Gasteiger partial charge is 0.507 e. The Morgan fingerprint density at radius 2 is 1.09 bits per heavy atom. The van der Waals surface area contributed by atoms with Crippen LogP contribution in [-0.2, 0) is 21.7 Å². The number of imidazole rings is 1. The van der Waals surface area contributed by atoms with E-state index in [0.29, 0.717) is 5.82 Å². The second-order valence-corrected chi connectivity index (χ2v) is 35.3. The van der Waals surface area contributed by atoms with Crippen molar-refractivity contribution in [1.82, 2.24) is 14.5 Å². The van der Waals surface area contributed by atoms with Crippen LogP contribution in [0, 0.1) is 0 Å². The molecule has 360 valence electrons. The molecule has 2 aromatic heterocycles. The fourth-order valence-electron chi connectivity index (χ4n) is 10.5. The number of para-hydroxylation sites is 1. The highest BCUT2D eigenvalue weighted by Crippen LogP contribution is 2.46. The maximum atomic E-state index is 12.6. The molecule has 0 radical (unpaired) electrons. The molecule has 0 unspecified atom stereocenters. The summed E-state index contributed by atoms with van der Waals surface area (Å²) in [7, 11) is -3.00. The molecule has 6 heteroatoms. The lowest BCUT2D eigenvalue weighted by atomic mass is 9.79. The van der Waals surface area contributed by atoms with Gasteiger partial charge < -0.3 is 5.11 Å². The molecule has 1 N–H and O–H groups in total. The van der Waals surface area contributed by atoms with Crippen molar-refractivity contribution in [1.29, 1.82) is 0 Å². The second kappa shape index (κ2) is 17.2. The number of aromatic nitrogens is 3. The van der Waals surface area contributed by atoms with Crippen LogP contribution >= 0.6 is 0 Å². The van der Waals surface area contributed by atoms with Gasteiger partial charge in [0.15, 0.2) is 0 Å². The molecule has 1 aliphatic heterocycles. The summed E-state index contributed by atoms with van der Waals surface area (Å²) in [5.41, 5.74) is 16.3. The number of phenolic OH excluding ortho intramolecular Hbond substituents is 1. The number of benzene rings is 6. The average Bonchev–Trinajstić information content (AvgIpc) is 3.68. The molecule has 0 fully saturated rings. The Balaban J connectivity index is 1.31. The van der Waals surface area contributed by atoms with Crippen LogP contribution in [0.25, 0.3) is 72.7 Å². The van der Waals surface area contributed by atoms with Gasteiger partial charge in [-0.05, 0) is 109 Å². The molecular formula is C64H75N3OSi2. The van der Waals surface area contributed by atoms with Crippen molar-refractivity contribution in [3.05, 3.63) is 156 Å². The lowest BCUT2D eigenvalue weighted by molar-refractivity contribution is 0.446. The summed E-state index contributed by atoms with van der Waals surface area (Å²) < 4.78 is 2.31. The summed E-state index contributed by atoms with van der Waals surface area (Å²) >= 11 is 0. The Morgan fingerprint density at radius 1 is 0.471 bits per heavy atom. The van der Waals surface area contributed by atoms with Crippen molar-refractivity contribution in [2.75, 3.05) is 0 Å². The summed E-state index contributed by atoms with van der Waals surface area (Å²) in [6, 6.07) is 50.2. The normalized spacial score (nSPS) is 15.0. The molecule has 6 aromatic carbocycles. The van der Waals surface area contributed by atoms with Gasteiger partial charge in [0.1, 0.15) is 11.6 Å². The maximum Gasteiger partial charge on any atom is 0.149 e. The molecule has 0 bridgehead atoms. The number of fused-ring (bicyclic) bond motifs is 2. The van der Waals surface area contributed by atoms with Gasteiger partial charge in [0.05, 0.1) is 44.1 Å². The Labute approximate surface area is 421 Å². The van der Waals surface area contributed by atoms with Crippen LogP contribution in [0.15, 0.2) is 134 Å². The van der Waals surface area contributed by atoms with Crippen molar-refractivity contribution in [2.24, 2.45) is 0 Å². The monoisotopic (exact) mass is 958 g/mol. The van der Waals surface area contributed by atoms with Gasteiger partial charge in [0.2, 0.25) is 0 Å². The van der Waals surface area contributed by atoms with E-state index in [9.17, 15) is 5.11 Å². The SMILES string of the molecule is CC(C)(C)c1cc(-c2cc(-c3ccc4c(c3)[Si](C)(C)CC[Si]4(C)C)ccn2)cc(-c2cccc3c2nc(-c2cc(C(C)(C)C)cc(C(C)(C)C)c2O)n3-c2ccc(C(C)(C)C)cc2-c2ccccc2)c1.